The van der Waals surface area contributed by atoms with E-state index in [4.69, 9.17) is 0 Å². The smallest absolute Gasteiger partial charge is 0.245 e. The van der Waals surface area contributed by atoms with Crippen molar-refractivity contribution in [2.75, 3.05) is 13.1 Å². The zero-order valence-corrected chi connectivity index (χ0v) is 7.92. The molecule has 0 N–H and O–H groups in total. The quantitative estimate of drug-likeness (QED) is 0.586. The van der Waals surface area contributed by atoms with Gasteiger partial charge < -0.3 is 4.90 Å². The van der Waals surface area contributed by atoms with Crippen molar-refractivity contribution < 1.29 is 4.79 Å². The molecule has 0 aromatic carbocycles. The number of hydrogen-bond acceptors (Lipinski definition) is 1. The van der Waals surface area contributed by atoms with E-state index < -0.39 is 0 Å². The van der Waals surface area contributed by atoms with Crippen molar-refractivity contribution in [2.24, 2.45) is 11.8 Å². The van der Waals surface area contributed by atoms with Gasteiger partial charge >= 0.3 is 0 Å². The summed E-state index contributed by atoms with van der Waals surface area (Å²) in [5.74, 6) is 1.56. The lowest BCUT2D eigenvalue weighted by atomic mass is 9.90. The maximum absolute atomic E-state index is 11.0. The molecule has 0 aromatic rings. The largest absolute Gasteiger partial charge is 0.338 e. The molecule has 1 aliphatic rings. The second-order valence-electron chi connectivity index (χ2n) is 3.94. The van der Waals surface area contributed by atoms with Crippen LogP contribution in [-0.2, 0) is 4.79 Å². The second kappa shape index (κ2) is 3.74. The first-order valence-electron chi connectivity index (χ1n) is 4.54. The van der Waals surface area contributed by atoms with Crippen molar-refractivity contribution in [1.29, 1.82) is 0 Å². The van der Waals surface area contributed by atoms with Gasteiger partial charge in [-0.3, -0.25) is 4.79 Å². The second-order valence-corrected chi connectivity index (χ2v) is 3.94. The van der Waals surface area contributed by atoms with Crippen LogP contribution in [0.5, 0.6) is 0 Å². The molecule has 68 valence electrons. The Balaban J connectivity index is 2.19. The summed E-state index contributed by atoms with van der Waals surface area (Å²) in [6.45, 7) is 9.77. The Hall–Kier alpha value is -0.790. The topological polar surface area (TPSA) is 20.3 Å². The molecule has 0 aromatic heterocycles. The highest BCUT2D eigenvalue weighted by atomic mass is 16.2. The van der Waals surface area contributed by atoms with Crippen LogP contribution < -0.4 is 0 Å². The number of likely N-dealkylation sites (tertiary alicyclic amines) is 1. The van der Waals surface area contributed by atoms with E-state index in [1.165, 1.54) is 12.5 Å². The van der Waals surface area contributed by atoms with Crippen molar-refractivity contribution in [3.8, 4) is 0 Å². The predicted molar refractivity (Wildman–Crippen MR) is 49.7 cm³/mol. The van der Waals surface area contributed by atoms with Crippen molar-refractivity contribution in [2.45, 2.75) is 20.3 Å². The summed E-state index contributed by atoms with van der Waals surface area (Å²) in [7, 11) is 0. The summed E-state index contributed by atoms with van der Waals surface area (Å²) >= 11 is 0. The van der Waals surface area contributed by atoms with E-state index in [1.807, 2.05) is 4.90 Å². The molecule has 1 aliphatic heterocycles. The van der Waals surface area contributed by atoms with E-state index in [1.54, 1.807) is 0 Å². The van der Waals surface area contributed by atoms with Crippen molar-refractivity contribution >= 4 is 5.91 Å². The minimum absolute atomic E-state index is 0.0787. The molecule has 1 rings (SSSR count). The molecule has 0 saturated carbocycles. The zero-order chi connectivity index (χ0) is 9.14. The highest BCUT2D eigenvalue weighted by Crippen LogP contribution is 2.22. The molecular formula is C10H17NO. The summed E-state index contributed by atoms with van der Waals surface area (Å²) in [5.41, 5.74) is 0. The van der Waals surface area contributed by atoms with Crippen LogP contribution in [0.4, 0.5) is 0 Å². The van der Waals surface area contributed by atoms with Gasteiger partial charge in [-0.2, -0.15) is 0 Å². The highest BCUT2D eigenvalue weighted by molar-refractivity contribution is 5.87. The molecule has 0 atom stereocenters. The van der Waals surface area contributed by atoms with E-state index in [2.05, 4.69) is 20.4 Å². The Labute approximate surface area is 74.2 Å². The molecule has 0 radical (unpaired) electrons. The maximum Gasteiger partial charge on any atom is 0.245 e. The molecule has 1 heterocycles. The molecule has 0 unspecified atom stereocenters. The summed E-state index contributed by atoms with van der Waals surface area (Å²) < 4.78 is 0. The van der Waals surface area contributed by atoms with E-state index >= 15 is 0 Å². The minimum Gasteiger partial charge on any atom is -0.338 e. The highest BCUT2D eigenvalue weighted by Gasteiger charge is 2.29. The number of carbonyl (C=O) groups is 1. The molecule has 12 heavy (non-hydrogen) atoms. The minimum atomic E-state index is 0.0787. The molecular weight excluding hydrogens is 150 g/mol. The standard InChI is InChI=1S/C10H17NO/c1-4-10(12)11-6-9(7-11)5-8(2)3/h4,8-9H,1,5-7H2,2-3H3. The maximum atomic E-state index is 11.0. The number of nitrogens with zero attached hydrogens (tertiary/aromatic N) is 1. The Kier molecular flexibility index (Phi) is 2.90. The van der Waals surface area contributed by atoms with Crippen LogP contribution in [-0.4, -0.2) is 23.9 Å². The fourth-order valence-electron chi connectivity index (χ4n) is 1.69. The van der Waals surface area contributed by atoms with Gasteiger partial charge in [0.05, 0.1) is 0 Å². The Morgan fingerprint density at radius 2 is 2.25 bits per heavy atom. The molecule has 1 saturated heterocycles. The van der Waals surface area contributed by atoms with Gasteiger partial charge in [0.1, 0.15) is 0 Å². The molecule has 2 heteroatoms. The molecule has 1 amide bonds. The van der Waals surface area contributed by atoms with Gasteiger partial charge in [-0.15, -0.1) is 0 Å². The van der Waals surface area contributed by atoms with E-state index in [9.17, 15) is 4.79 Å². The third kappa shape index (κ3) is 2.10. The first-order valence-corrected chi connectivity index (χ1v) is 4.54. The molecule has 0 bridgehead atoms. The van der Waals surface area contributed by atoms with Gasteiger partial charge in [0.15, 0.2) is 0 Å². The van der Waals surface area contributed by atoms with Gasteiger partial charge in [-0.1, -0.05) is 20.4 Å². The lowest BCUT2D eigenvalue weighted by Gasteiger charge is -2.39. The third-order valence-electron chi connectivity index (χ3n) is 2.25. The van der Waals surface area contributed by atoms with Gasteiger partial charge in [0.25, 0.3) is 0 Å². The molecule has 0 aliphatic carbocycles. The van der Waals surface area contributed by atoms with Crippen molar-refractivity contribution in [3.63, 3.8) is 0 Å². The lowest BCUT2D eigenvalue weighted by Crippen LogP contribution is -2.49. The third-order valence-corrected chi connectivity index (χ3v) is 2.25. The zero-order valence-electron chi connectivity index (χ0n) is 7.92. The molecule has 0 spiro atoms. The first-order chi connectivity index (χ1) is 5.63. The van der Waals surface area contributed by atoms with E-state index in [0.717, 1.165) is 24.9 Å². The number of hydrogen-bond donors (Lipinski definition) is 0. The summed E-state index contributed by atoms with van der Waals surface area (Å²) in [5, 5.41) is 0. The van der Waals surface area contributed by atoms with Gasteiger partial charge in [0.2, 0.25) is 5.91 Å². The molecule has 1 fully saturated rings. The van der Waals surface area contributed by atoms with Crippen molar-refractivity contribution in [3.05, 3.63) is 12.7 Å². The van der Waals surface area contributed by atoms with Gasteiger partial charge in [-0.05, 0) is 24.3 Å². The number of carbonyl (C=O) groups excluding carboxylic acids is 1. The number of rotatable bonds is 3. The van der Waals surface area contributed by atoms with Crippen LogP contribution in [0, 0.1) is 11.8 Å². The van der Waals surface area contributed by atoms with E-state index in [-0.39, 0.29) is 5.91 Å². The van der Waals surface area contributed by atoms with Crippen LogP contribution in [0.3, 0.4) is 0 Å². The van der Waals surface area contributed by atoms with Crippen LogP contribution in [0.2, 0.25) is 0 Å². The van der Waals surface area contributed by atoms with Crippen LogP contribution in [0.1, 0.15) is 20.3 Å². The van der Waals surface area contributed by atoms with Crippen LogP contribution in [0.25, 0.3) is 0 Å². The fourth-order valence-corrected chi connectivity index (χ4v) is 1.69. The Bertz CT molecular complexity index is 180. The summed E-state index contributed by atoms with van der Waals surface area (Å²) in [6.07, 6.45) is 2.63. The lowest BCUT2D eigenvalue weighted by molar-refractivity contribution is -0.132. The van der Waals surface area contributed by atoms with Crippen LogP contribution >= 0.6 is 0 Å². The average molecular weight is 167 g/mol. The predicted octanol–water partition coefficient (Wildman–Crippen LogP) is 1.68. The first kappa shape index (κ1) is 9.30. The fraction of sp³-hybridized carbons (Fsp3) is 0.700. The number of amides is 1. The van der Waals surface area contributed by atoms with Gasteiger partial charge in [-0.25, -0.2) is 0 Å². The Morgan fingerprint density at radius 3 is 2.67 bits per heavy atom. The van der Waals surface area contributed by atoms with Gasteiger partial charge in [0, 0.05) is 13.1 Å². The monoisotopic (exact) mass is 167 g/mol. The van der Waals surface area contributed by atoms with E-state index in [0.29, 0.717) is 0 Å². The van der Waals surface area contributed by atoms with Crippen molar-refractivity contribution in [1.82, 2.24) is 4.90 Å². The SMILES string of the molecule is C=CC(=O)N1CC(CC(C)C)C1. The molecule has 2 nitrogen and oxygen atoms in total. The Morgan fingerprint density at radius 1 is 1.67 bits per heavy atom. The summed E-state index contributed by atoms with van der Waals surface area (Å²) in [4.78, 5) is 12.9. The normalized spacial score (nSPS) is 17.8. The summed E-state index contributed by atoms with van der Waals surface area (Å²) in [6, 6.07) is 0. The average Bonchev–Trinajstić information content (AvgIpc) is 1.94. The van der Waals surface area contributed by atoms with Crippen LogP contribution in [0.15, 0.2) is 12.7 Å².